The Bertz CT molecular complexity index is 1130. The van der Waals surface area contributed by atoms with E-state index in [2.05, 4.69) is 14.9 Å². The molecule has 1 aliphatic heterocycles. The van der Waals surface area contributed by atoms with Crippen LogP contribution >= 0.6 is 11.8 Å². The fourth-order valence-corrected chi connectivity index (χ4v) is 6.02. The molecule has 1 fully saturated rings. The number of aliphatic hydroxyl groups excluding tert-OH is 1. The molecule has 1 aromatic carbocycles. The van der Waals surface area contributed by atoms with Crippen molar-refractivity contribution >= 4 is 28.6 Å². The molecule has 8 heteroatoms. The third-order valence-corrected chi connectivity index (χ3v) is 8.20. The lowest BCUT2D eigenvalue weighted by atomic mass is 9.79. The molecule has 3 atom stereocenters. The van der Waals surface area contributed by atoms with E-state index in [1.54, 1.807) is 13.3 Å². The Morgan fingerprint density at radius 2 is 2.03 bits per heavy atom. The minimum absolute atomic E-state index is 0.102. The molecule has 0 spiro atoms. The number of methoxy groups -OCH3 is 1. The first-order valence-corrected chi connectivity index (χ1v) is 13.6. The van der Waals surface area contributed by atoms with Crippen molar-refractivity contribution in [3.05, 3.63) is 60.6 Å². The molecule has 0 bridgehead atoms. The number of nitrogens with zero attached hydrogens (tertiary/aromatic N) is 3. The predicted molar refractivity (Wildman–Crippen MR) is 142 cm³/mol. The molecule has 1 saturated heterocycles. The molecule has 3 heterocycles. The van der Waals surface area contributed by atoms with E-state index in [0.29, 0.717) is 12.3 Å². The minimum Gasteiger partial charge on any atom is -0.497 e. The van der Waals surface area contributed by atoms with Crippen LogP contribution in [0.15, 0.2) is 59.9 Å². The SMILES string of the molecule is COc1ccc2nccc([C@H](O)CC[C@@H]3CCN(CCCSc4ccncc4)C[C@@H]3CC(=O)O)c2c1. The van der Waals surface area contributed by atoms with Gasteiger partial charge in [0.25, 0.3) is 0 Å². The number of aromatic nitrogens is 2. The maximum absolute atomic E-state index is 11.6. The second-order valence-corrected chi connectivity index (χ2v) is 10.6. The van der Waals surface area contributed by atoms with Crippen molar-refractivity contribution in [1.82, 2.24) is 14.9 Å². The first-order valence-electron chi connectivity index (χ1n) is 12.6. The van der Waals surface area contributed by atoms with E-state index in [-0.39, 0.29) is 12.3 Å². The van der Waals surface area contributed by atoms with Gasteiger partial charge in [-0.15, -0.1) is 11.8 Å². The van der Waals surface area contributed by atoms with Crippen molar-refractivity contribution in [3.63, 3.8) is 0 Å². The summed E-state index contributed by atoms with van der Waals surface area (Å²) in [5.41, 5.74) is 1.67. The Hall–Kier alpha value is -2.68. The van der Waals surface area contributed by atoms with Gasteiger partial charge in [-0.2, -0.15) is 0 Å². The summed E-state index contributed by atoms with van der Waals surface area (Å²) in [4.78, 5) is 23.7. The number of carbonyl (C=O) groups is 1. The maximum atomic E-state index is 11.6. The lowest BCUT2D eigenvalue weighted by Crippen LogP contribution is -2.42. The highest BCUT2D eigenvalue weighted by atomic mass is 32.2. The van der Waals surface area contributed by atoms with E-state index in [0.717, 1.165) is 66.9 Å². The van der Waals surface area contributed by atoms with E-state index >= 15 is 0 Å². The first-order chi connectivity index (χ1) is 17.5. The lowest BCUT2D eigenvalue weighted by Gasteiger charge is -2.38. The quantitative estimate of drug-likeness (QED) is 0.259. The molecule has 4 rings (SSSR count). The Kier molecular flexibility index (Phi) is 9.55. The number of thioether (sulfide) groups is 1. The molecule has 192 valence electrons. The number of aliphatic carboxylic acids is 1. The average Bonchev–Trinajstić information content (AvgIpc) is 2.90. The number of ether oxygens (including phenoxy) is 1. The van der Waals surface area contributed by atoms with E-state index in [9.17, 15) is 15.0 Å². The summed E-state index contributed by atoms with van der Waals surface area (Å²) in [6, 6.07) is 11.6. The normalized spacial score (nSPS) is 19.3. The van der Waals surface area contributed by atoms with Crippen molar-refractivity contribution in [3.8, 4) is 5.75 Å². The van der Waals surface area contributed by atoms with Gasteiger partial charge in [-0.1, -0.05) is 0 Å². The molecule has 7 nitrogen and oxygen atoms in total. The van der Waals surface area contributed by atoms with Crippen LogP contribution in [0, 0.1) is 11.8 Å². The number of carboxylic acids is 1. The number of likely N-dealkylation sites (tertiary alicyclic amines) is 1. The zero-order valence-corrected chi connectivity index (χ0v) is 21.6. The van der Waals surface area contributed by atoms with Gasteiger partial charge < -0.3 is 19.8 Å². The monoisotopic (exact) mass is 509 g/mol. The molecule has 2 N–H and O–H groups in total. The number of hydrogen-bond acceptors (Lipinski definition) is 7. The highest BCUT2D eigenvalue weighted by Crippen LogP contribution is 2.35. The van der Waals surface area contributed by atoms with E-state index in [1.165, 1.54) is 4.90 Å². The predicted octanol–water partition coefficient (Wildman–Crippen LogP) is 5.05. The van der Waals surface area contributed by atoms with Crippen LogP contribution in [0.3, 0.4) is 0 Å². The summed E-state index contributed by atoms with van der Waals surface area (Å²) >= 11 is 1.83. The van der Waals surface area contributed by atoms with Crippen LogP contribution in [0.1, 0.15) is 43.8 Å². The van der Waals surface area contributed by atoms with Crippen molar-refractivity contribution in [1.29, 1.82) is 0 Å². The van der Waals surface area contributed by atoms with Crippen LogP contribution in [0.4, 0.5) is 0 Å². The highest BCUT2D eigenvalue weighted by molar-refractivity contribution is 7.99. The number of pyridine rings is 2. The van der Waals surface area contributed by atoms with Gasteiger partial charge in [0.2, 0.25) is 0 Å². The molecule has 0 aliphatic carbocycles. The van der Waals surface area contributed by atoms with Crippen LogP contribution in [0.5, 0.6) is 5.75 Å². The maximum Gasteiger partial charge on any atom is 0.303 e. The summed E-state index contributed by atoms with van der Waals surface area (Å²) < 4.78 is 5.36. The van der Waals surface area contributed by atoms with Crippen LogP contribution in [0.25, 0.3) is 10.9 Å². The lowest BCUT2D eigenvalue weighted by molar-refractivity contribution is -0.139. The molecule has 2 aromatic heterocycles. The summed E-state index contributed by atoms with van der Waals surface area (Å²) in [5.74, 6) is 1.42. The Labute approximate surface area is 216 Å². The Morgan fingerprint density at radius 3 is 2.81 bits per heavy atom. The third-order valence-electron chi connectivity index (χ3n) is 7.10. The van der Waals surface area contributed by atoms with Crippen LogP contribution in [-0.2, 0) is 4.79 Å². The molecule has 0 radical (unpaired) electrons. The van der Waals surface area contributed by atoms with Gasteiger partial charge in [0.1, 0.15) is 5.75 Å². The molecule has 3 aromatic rings. The van der Waals surface area contributed by atoms with Crippen molar-refractivity contribution < 1.29 is 19.7 Å². The molecular formula is C28H35N3O4S. The molecular weight excluding hydrogens is 474 g/mol. The summed E-state index contributed by atoms with van der Waals surface area (Å²) in [6.45, 7) is 2.77. The molecule has 0 amide bonds. The average molecular weight is 510 g/mol. The van der Waals surface area contributed by atoms with Gasteiger partial charge in [0.05, 0.1) is 18.7 Å². The number of benzene rings is 1. The minimum atomic E-state index is -0.743. The van der Waals surface area contributed by atoms with Gasteiger partial charge in [0.15, 0.2) is 0 Å². The first kappa shape index (κ1) is 26.4. The Morgan fingerprint density at radius 1 is 1.19 bits per heavy atom. The molecule has 0 unspecified atom stereocenters. The molecule has 0 saturated carbocycles. The smallest absolute Gasteiger partial charge is 0.303 e. The third kappa shape index (κ3) is 7.18. The van der Waals surface area contributed by atoms with Gasteiger partial charge in [-0.25, -0.2) is 0 Å². The largest absolute Gasteiger partial charge is 0.497 e. The number of fused-ring (bicyclic) bond motifs is 1. The standard InChI is InChI=1S/C28H35N3O4S/c1-35-22-4-5-26-25(18-22)24(9-13-30-26)27(32)6-3-20-10-15-31(19-21(20)17-28(33)34)14-2-16-36-23-7-11-29-12-8-23/h4-5,7-9,11-13,18,20-21,27,32H,2-3,6,10,14-17,19H2,1H3,(H,33,34)/t20-,21+,27-/m1/s1. The van der Waals surface area contributed by atoms with Gasteiger partial charge in [-0.3, -0.25) is 14.8 Å². The highest BCUT2D eigenvalue weighted by Gasteiger charge is 2.31. The summed E-state index contributed by atoms with van der Waals surface area (Å²) in [6.07, 6.45) is 8.34. The number of piperidine rings is 1. The second-order valence-electron chi connectivity index (χ2n) is 9.47. The zero-order valence-electron chi connectivity index (χ0n) is 20.8. The topological polar surface area (TPSA) is 95.8 Å². The van der Waals surface area contributed by atoms with E-state index in [4.69, 9.17) is 4.74 Å². The summed E-state index contributed by atoms with van der Waals surface area (Å²) in [7, 11) is 1.63. The van der Waals surface area contributed by atoms with Crippen LogP contribution in [-0.4, -0.2) is 63.5 Å². The molecule has 36 heavy (non-hydrogen) atoms. The zero-order chi connectivity index (χ0) is 25.3. The summed E-state index contributed by atoms with van der Waals surface area (Å²) in [5, 5.41) is 21.5. The fourth-order valence-electron chi connectivity index (χ4n) is 5.20. The van der Waals surface area contributed by atoms with Crippen LogP contribution < -0.4 is 4.74 Å². The van der Waals surface area contributed by atoms with Crippen molar-refractivity contribution in [2.24, 2.45) is 11.8 Å². The number of hydrogen-bond donors (Lipinski definition) is 2. The number of aliphatic hydroxyl groups is 1. The van der Waals surface area contributed by atoms with Crippen molar-refractivity contribution in [2.75, 3.05) is 32.5 Å². The number of carboxylic acid groups (broad SMARTS) is 1. The Balaban J connectivity index is 1.31. The van der Waals surface area contributed by atoms with Crippen molar-refractivity contribution in [2.45, 2.75) is 43.1 Å². The van der Waals surface area contributed by atoms with Gasteiger partial charge >= 0.3 is 5.97 Å². The van der Waals surface area contributed by atoms with E-state index < -0.39 is 12.1 Å². The van der Waals surface area contributed by atoms with Gasteiger partial charge in [-0.05, 0) is 98.3 Å². The number of rotatable bonds is 12. The molecule has 1 aliphatic rings. The van der Waals surface area contributed by atoms with Crippen LogP contribution in [0.2, 0.25) is 0 Å². The van der Waals surface area contributed by atoms with Gasteiger partial charge in [0, 0.05) is 41.8 Å². The van der Waals surface area contributed by atoms with E-state index in [1.807, 2.05) is 60.6 Å². The second kappa shape index (κ2) is 13.0. The fraction of sp³-hybridized carbons (Fsp3) is 0.464.